The Labute approximate surface area is 84.3 Å². The van der Waals surface area contributed by atoms with Gasteiger partial charge in [0.25, 0.3) is 0 Å². The number of nitrogen functional groups attached to an aromatic ring is 1. The van der Waals surface area contributed by atoms with Gasteiger partial charge < -0.3 is 11.1 Å². The van der Waals surface area contributed by atoms with Gasteiger partial charge >= 0.3 is 0 Å². The Hall–Kier alpha value is -1.58. The second-order valence-electron chi connectivity index (χ2n) is 3.02. The van der Waals surface area contributed by atoms with E-state index in [0.717, 1.165) is 30.8 Å². The molecule has 0 unspecified atom stereocenters. The van der Waals surface area contributed by atoms with Gasteiger partial charge in [-0.05, 0) is 6.42 Å². The van der Waals surface area contributed by atoms with Crippen LogP contribution in [0.1, 0.15) is 25.3 Å². The van der Waals surface area contributed by atoms with E-state index in [1.165, 1.54) is 0 Å². The van der Waals surface area contributed by atoms with Crippen LogP contribution in [0.2, 0.25) is 0 Å². The molecule has 0 aliphatic heterocycles. The third-order valence-corrected chi connectivity index (χ3v) is 1.88. The number of unbranched alkanes of at least 4 members (excludes halogenated alkanes) is 1. The van der Waals surface area contributed by atoms with Gasteiger partial charge in [-0.25, -0.2) is 4.98 Å². The fourth-order valence-electron chi connectivity index (χ4n) is 1.08. The number of hydrogen-bond donors (Lipinski definition) is 2. The van der Waals surface area contributed by atoms with E-state index in [-0.39, 0.29) is 5.95 Å². The summed E-state index contributed by atoms with van der Waals surface area (Å²) in [6.07, 6.45) is 5.65. The Morgan fingerprint density at radius 3 is 3.07 bits per heavy atom. The third kappa shape index (κ3) is 2.73. The molecule has 0 atom stereocenters. The van der Waals surface area contributed by atoms with Crippen molar-refractivity contribution in [3.05, 3.63) is 18.3 Å². The second kappa shape index (κ2) is 5.21. The van der Waals surface area contributed by atoms with Crippen molar-refractivity contribution >= 4 is 17.8 Å². The molecule has 0 radical (unpaired) electrons. The lowest BCUT2D eigenvalue weighted by Gasteiger charge is -2.07. The van der Waals surface area contributed by atoms with Crippen molar-refractivity contribution in [3.63, 3.8) is 0 Å². The first-order chi connectivity index (χ1) is 6.77. The smallest absolute Gasteiger partial charge is 0.221 e. The molecule has 0 aliphatic carbocycles. The second-order valence-corrected chi connectivity index (χ2v) is 3.02. The number of hydrogen-bond acceptors (Lipinski definition) is 4. The molecule has 0 bridgehead atoms. The summed E-state index contributed by atoms with van der Waals surface area (Å²) in [5.74, 6) is 1.05. The minimum atomic E-state index is 0.287. The van der Waals surface area contributed by atoms with Crippen LogP contribution < -0.4 is 11.1 Å². The summed E-state index contributed by atoms with van der Waals surface area (Å²) in [6, 6.07) is 0. The van der Waals surface area contributed by atoms with Crippen LogP contribution in [0.3, 0.4) is 0 Å². The van der Waals surface area contributed by atoms with Crippen LogP contribution in [0.15, 0.2) is 12.8 Å². The fraction of sp³-hybridized carbons (Fsp3) is 0.400. The Balaban J connectivity index is 2.72. The molecule has 0 amide bonds. The van der Waals surface area contributed by atoms with Crippen molar-refractivity contribution in [2.24, 2.45) is 0 Å². The van der Waals surface area contributed by atoms with Crippen LogP contribution in [-0.4, -0.2) is 16.5 Å². The van der Waals surface area contributed by atoms with Gasteiger partial charge in [-0.3, -0.25) is 0 Å². The summed E-state index contributed by atoms with van der Waals surface area (Å²) in [7, 11) is 0. The van der Waals surface area contributed by atoms with Crippen molar-refractivity contribution in [3.8, 4) is 0 Å². The first kappa shape index (κ1) is 10.5. The monoisotopic (exact) mass is 192 g/mol. The highest BCUT2D eigenvalue weighted by atomic mass is 15.1. The van der Waals surface area contributed by atoms with Gasteiger partial charge in [0.15, 0.2) is 0 Å². The molecule has 0 saturated heterocycles. The lowest BCUT2D eigenvalue weighted by atomic mass is 10.3. The molecule has 1 rings (SSSR count). The number of aromatic nitrogens is 2. The number of nitrogens with two attached hydrogens (primary N) is 1. The van der Waals surface area contributed by atoms with E-state index in [0.29, 0.717) is 0 Å². The van der Waals surface area contributed by atoms with Gasteiger partial charge in [0, 0.05) is 18.3 Å². The van der Waals surface area contributed by atoms with Gasteiger partial charge in [0.1, 0.15) is 5.82 Å². The highest BCUT2D eigenvalue weighted by Gasteiger charge is 2.01. The summed E-state index contributed by atoms with van der Waals surface area (Å²) in [5, 5.41) is 3.20. The maximum atomic E-state index is 5.49. The summed E-state index contributed by atoms with van der Waals surface area (Å²) in [5.41, 5.74) is 6.37. The Bertz CT molecular complexity index is 309. The molecule has 76 valence electrons. The lowest BCUT2D eigenvalue weighted by molar-refractivity contribution is 0.830. The quantitative estimate of drug-likeness (QED) is 0.699. The minimum Gasteiger partial charge on any atom is -0.369 e. The molecule has 1 aromatic heterocycles. The van der Waals surface area contributed by atoms with E-state index in [4.69, 9.17) is 5.73 Å². The predicted octanol–water partition coefficient (Wildman–Crippen LogP) is 1.91. The molecule has 0 aromatic carbocycles. The van der Waals surface area contributed by atoms with E-state index < -0.39 is 0 Å². The van der Waals surface area contributed by atoms with Crippen molar-refractivity contribution in [2.75, 3.05) is 17.6 Å². The molecule has 1 aromatic rings. The standard InChI is InChI=1S/C10H16N4/c1-3-5-6-12-9-8(4-2)7-13-10(11)14-9/h4,7H,2-3,5-6H2,1H3,(H3,11,12,13,14). The van der Waals surface area contributed by atoms with E-state index in [1.807, 2.05) is 0 Å². The fourth-order valence-corrected chi connectivity index (χ4v) is 1.08. The molecule has 3 N–H and O–H groups in total. The molecule has 14 heavy (non-hydrogen) atoms. The molecule has 4 nitrogen and oxygen atoms in total. The van der Waals surface area contributed by atoms with E-state index in [1.54, 1.807) is 12.3 Å². The third-order valence-electron chi connectivity index (χ3n) is 1.88. The molecule has 1 heterocycles. The van der Waals surface area contributed by atoms with Crippen LogP contribution in [-0.2, 0) is 0 Å². The van der Waals surface area contributed by atoms with Gasteiger partial charge in [0.2, 0.25) is 5.95 Å². The van der Waals surface area contributed by atoms with Crippen LogP contribution in [0.5, 0.6) is 0 Å². The van der Waals surface area contributed by atoms with Gasteiger partial charge in [-0.2, -0.15) is 4.98 Å². The zero-order valence-corrected chi connectivity index (χ0v) is 8.45. The highest BCUT2D eigenvalue weighted by molar-refractivity contribution is 5.61. The van der Waals surface area contributed by atoms with Gasteiger partial charge in [-0.1, -0.05) is 26.0 Å². The maximum Gasteiger partial charge on any atom is 0.221 e. The van der Waals surface area contributed by atoms with E-state index in [9.17, 15) is 0 Å². The first-order valence-electron chi connectivity index (χ1n) is 4.76. The highest BCUT2D eigenvalue weighted by Crippen LogP contribution is 2.13. The van der Waals surface area contributed by atoms with Crippen molar-refractivity contribution in [1.29, 1.82) is 0 Å². The number of nitrogens with one attached hydrogen (secondary N) is 1. The minimum absolute atomic E-state index is 0.287. The van der Waals surface area contributed by atoms with Gasteiger partial charge in [-0.15, -0.1) is 0 Å². The zero-order chi connectivity index (χ0) is 10.4. The summed E-state index contributed by atoms with van der Waals surface area (Å²) in [6.45, 7) is 6.73. The predicted molar refractivity (Wildman–Crippen MR) is 59.9 cm³/mol. The van der Waals surface area contributed by atoms with Crippen LogP contribution in [0.25, 0.3) is 6.08 Å². The molecule has 0 fully saturated rings. The van der Waals surface area contributed by atoms with Crippen molar-refractivity contribution in [2.45, 2.75) is 19.8 Å². The topological polar surface area (TPSA) is 63.8 Å². The lowest BCUT2D eigenvalue weighted by Crippen LogP contribution is -2.07. The Morgan fingerprint density at radius 2 is 2.43 bits per heavy atom. The van der Waals surface area contributed by atoms with Crippen LogP contribution >= 0.6 is 0 Å². The summed E-state index contributed by atoms with van der Waals surface area (Å²) in [4.78, 5) is 7.99. The van der Waals surface area contributed by atoms with Crippen molar-refractivity contribution in [1.82, 2.24) is 9.97 Å². The normalized spacial score (nSPS) is 9.79. The maximum absolute atomic E-state index is 5.49. The molecule has 0 aliphatic rings. The van der Waals surface area contributed by atoms with Crippen LogP contribution in [0.4, 0.5) is 11.8 Å². The van der Waals surface area contributed by atoms with E-state index in [2.05, 4.69) is 28.8 Å². The Kier molecular flexibility index (Phi) is 3.91. The number of nitrogens with zero attached hydrogens (tertiary/aromatic N) is 2. The molecular formula is C10H16N4. The molecular weight excluding hydrogens is 176 g/mol. The van der Waals surface area contributed by atoms with E-state index >= 15 is 0 Å². The molecule has 0 saturated carbocycles. The van der Waals surface area contributed by atoms with Crippen LogP contribution in [0, 0.1) is 0 Å². The number of rotatable bonds is 5. The summed E-state index contributed by atoms with van der Waals surface area (Å²) < 4.78 is 0. The van der Waals surface area contributed by atoms with Crippen molar-refractivity contribution < 1.29 is 0 Å². The average Bonchev–Trinajstić information content (AvgIpc) is 2.19. The summed E-state index contributed by atoms with van der Waals surface area (Å²) >= 11 is 0. The number of anilines is 2. The first-order valence-corrected chi connectivity index (χ1v) is 4.76. The SMILES string of the molecule is C=Cc1cnc(N)nc1NCCCC. The Morgan fingerprint density at radius 1 is 1.64 bits per heavy atom. The zero-order valence-electron chi connectivity index (χ0n) is 8.45. The molecule has 4 heteroatoms. The van der Waals surface area contributed by atoms with Gasteiger partial charge in [0.05, 0.1) is 0 Å². The largest absolute Gasteiger partial charge is 0.369 e. The molecule has 0 spiro atoms. The average molecular weight is 192 g/mol.